The van der Waals surface area contributed by atoms with Crippen molar-refractivity contribution in [2.24, 2.45) is 0 Å². The van der Waals surface area contributed by atoms with Crippen LogP contribution in [0.4, 0.5) is 0 Å². The highest BCUT2D eigenvalue weighted by atomic mass is 32.1. The number of fused-ring (bicyclic) bond motifs is 6. The zero-order valence-electron chi connectivity index (χ0n) is 30.2. The molecule has 0 unspecified atom stereocenters. The number of hydrogen-bond acceptors (Lipinski definition) is 4. The van der Waals surface area contributed by atoms with Gasteiger partial charge in [0.25, 0.3) is 0 Å². The molecular weight excluding hydrogens is 701 g/mol. The molecule has 0 fully saturated rings. The quantitative estimate of drug-likeness (QED) is 0.171. The van der Waals surface area contributed by atoms with Gasteiger partial charge in [-0.3, -0.25) is 0 Å². The average molecular weight is 733 g/mol. The molecule has 0 saturated carbocycles. The lowest BCUT2D eigenvalue weighted by atomic mass is 10.0. The minimum atomic E-state index is 0.663. The predicted molar refractivity (Wildman–Crippen MR) is 234 cm³/mol. The third-order valence-electron chi connectivity index (χ3n) is 10.6. The van der Waals surface area contributed by atoms with E-state index in [1.807, 2.05) is 60.7 Å². The highest BCUT2D eigenvalue weighted by molar-refractivity contribution is 7.25. The largest absolute Gasteiger partial charge is 0.309 e. The Balaban J connectivity index is 0.988. The molecule has 0 radical (unpaired) electrons. The molecule has 5 heteroatoms. The van der Waals surface area contributed by atoms with Crippen molar-refractivity contribution in [2.75, 3.05) is 0 Å². The third-order valence-corrected chi connectivity index (χ3v) is 11.8. The van der Waals surface area contributed by atoms with Gasteiger partial charge >= 0.3 is 0 Å². The lowest BCUT2D eigenvalue weighted by Gasteiger charge is -2.11. The zero-order valence-corrected chi connectivity index (χ0v) is 31.0. The van der Waals surface area contributed by atoms with Gasteiger partial charge in [-0.25, -0.2) is 15.0 Å². The number of nitrogens with zero attached hydrogens (tertiary/aromatic N) is 4. The van der Waals surface area contributed by atoms with Gasteiger partial charge < -0.3 is 4.57 Å². The van der Waals surface area contributed by atoms with Crippen molar-refractivity contribution in [2.45, 2.75) is 0 Å². The van der Waals surface area contributed by atoms with Crippen LogP contribution in [-0.2, 0) is 0 Å². The molecule has 0 aliphatic rings. The van der Waals surface area contributed by atoms with Crippen LogP contribution in [0.3, 0.4) is 0 Å². The molecular formula is C51H32N4S. The van der Waals surface area contributed by atoms with E-state index in [-0.39, 0.29) is 0 Å². The van der Waals surface area contributed by atoms with E-state index in [9.17, 15) is 0 Å². The summed E-state index contributed by atoms with van der Waals surface area (Å²) in [6.45, 7) is 0. The first-order valence-corrected chi connectivity index (χ1v) is 19.6. The van der Waals surface area contributed by atoms with Crippen LogP contribution >= 0.6 is 11.3 Å². The average Bonchev–Trinajstić information content (AvgIpc) is 3.82. The number of rotatable bonds is 6. The van der Waals surface area contributed by atoms with Gasteiger partial charge in [-0.1, -0.05) is 146 Å². The molecule has 3 heterocycles. The smallest absolute Gasteiger partial charge is 0.164 e. The minimum absolute atomic E-state index is 0.663. The van der Waals surface area contributed by atoms with Gasteiger partial charge in [-0.05, 0) is 70.8 Å². The molecule has 0 saturated heterocycles. The molecule has 0 atom stereocenters. The highest BCUT2D eigenvalue weighted by Gasteiger charge is 2.16. The van der Waals surface area contributed by atoms with E-state index in [1.54, 1.807) is 11.3 Å². The summed E-state index contributed by atoms with van der Waals surface area (Å²) in [6, 6.07) is 68.8. The lowest BCUT2D eigenvalue weighted by Crippen LogP contribution is -1.99. The van der Waals surface area contributed by atoms with Crippen molar-refractivity contribution in [3.8, 4) is 62.1 Å². The SMILES string of the molecule is c1ccc(-c2ccc3c(c2)c2ccccc2n3-c2cccc(-c3ccc4sc5cc(-c6nc(-c7ccccc7)nc(-c7ccccc7)n6)ccc5c4c3)c2)cc1. The Morgan fingerprint density at radius 2 is 0.839 bits per heavy atom. The van der Waals surface area contributed by atoms with Gasteiger partial charge in [-0.2, -0.15) is 0 Å². The maximum absolute atomic E-state index is 4.98. The molecule has 56 heavy (non-hydrogen) atoms. The maximum atomic E-state index is 4.98. The van der Waals surface area contributed by atoms with E-state index < -0.39 is 0 Å². The first-order valence-electron chi connectivity index (χ1n) is 18.8. The van der Waals surface area contributed by atoms with Gasteiger partial charge in [0.05, 0.1) is 11.0 Å². The van der Waals surface area contributed by atoms with E-state index in [0.29, 0.717) is 17.5 Å². The normalized spacial score (nSPS) is 11.6. The predicted octanol–water partition coefficient (Wildman–Crippen LogP) is 13.7. The molecule has 0 bridgehead atoms. The van der Waals surface area contributed by atoms with Gasteiger partial charge in [0, 0.05) is 53.3 Å². The monoisotopic (exact) mass is 732 g/mol. The second kappa shape index (κ2) is 13.3. The summed E-state index contributed by atoms with van der Waals surface area (Å²) >= 11 is 1.80. The molecule has 3 aromatic heterocycles. The second-order valence-electron chi connectivity index (χ2n) is 14.1. The molecule has 0 aliphatic carbocycles. The van der Waals surface area contributed by atoms with Gasteiger partial charge in [0.15, 0.2) is 17.5 Å². The van der Waals surface area contributed by atoms with E-state index in [1.165, 1.54) is 64.2 Å². The van der Waals surface area contributed by atoms with Crippen LogP contribution in [0.15, 0.2) is 194 Å². The molecule has 4 nitrogen and oxygen atoms in total. The lowest BCUT2D eigenvalue weighted by molar-refractivity contribution is 1.07. The van der Waals surface area contributed by atoms with Crippen molar-refractivity contribution >= 4 is 53.3 Å². The van der Waals surface area contributed by atoms with Crippen LogP contribution < -0.4 is 0 Å². The Labute approximate surface area is 327 Å². The summed E-state index contributed by atoms with van der Waals surface area (Å²) < 4.78 is 4.85. The van der Waals surface area contributed by atoms with Crippen LogP contribution in [-0.4, -0.2) is 19.5 Å². The van der Waals surface area contributed by atoms with Gasteiger partial charge in [-0.15, -0.1) is 11.3 Å². The van der Waals surface area contributed by atoms with E-state index in [4.69, 9.17) is 15.0 Å². The van der Waals surface area contributed by atoms with Crippen LogP contribution in [0.25, 0.3) is 104 Å². The molecule has 0 aliphatic heterocycles. The van der Waals surface area contributed by atoms with Crippen LogP contribution in [0.1, 0.15) is 0 Å². The molecule has 0 spiro atoms. The topological polar surface area (TPSA) is 43.6 Å². The summed E-state index contributed by atoms with van der Waals surface area (Å²) in [5.41, 5.74) is 11.2. The highest BCUT2D eigenvalue weighted by Crippen LogP contribution is 2.40. The van der Waals surface area contributed by atoms with Crippen LogP contribution in [0, 0.1) is 0 Å². The third kappa shape index (κ3) is 5.56. The number of benzene rings is 8. The second-order valence-corrected chi connectivity index (χ2v) is 15.1. The Morgan fingerprint density at radius 1 is 0.304 bits per heavy atom. The Hall–Kier alpha value is -7.21. The summed E-state index contributed by atoms with van der Waals surface area (Å²) in [4.78, 5) is 14.8. The Bertz CT molecular complexity index is 3180. The van der Waals surface area contributed by atoms with E-state index in [0.717, 1.165) is 22.4 Å². The molecule has 11 aromatic rings. The van der Waals surface area contributed by atoms with Crippen molar-refractivity contribution in [1.29, 1.82) is 0 Å². The van der Waals surface area contributed by atoms with Crippen LogP contribution in [0.2, 0.25) is 0 Å². The van der Waals surface area contributed by atoms with E-state index >= 15 is 0 Å². The number of aromatic nitrogens is 4. The van der Waals surface area contributed by atoms with Crippen molar-refractivity contribution in [3.63, 3.8) is 0 Å². The number of thiophene rings is 1. The van der Waals surface area contributed by atoms with Crippen molar-refractivity contribution in [1.82, 2.24) is 19.5 Å². The van der Waals surface area contributed by atoms with Crippen molar-refractivity contribution < 1.29 is 0 Å². The van der Waals surface area contributed by atoms with Gasteiger partial charge in [0.2, 0.25) is 0 Å². The number of para-hydroxylation sites is 1. The molecule has 262 valence electrons. The summed E-state index contributed by atoms with van der Waals surface area (Å²) in [6.07, 6.45) is 0. The van der Waals surface area contributed by atoms with Gasteiger partial charge in [0.1, 0.15) is 0 Å². The maximum Gasteiger partial charge on any atom is 0.164 e. The first-order chi connectivity index (χ1) is 27.7. The Morgan fingerprint density at radius 3 is 1.57 bits per heavy atom. The fraction of sp³-hybridized carbons (Fsp3) is 0. The van der Waals surface area contributed by atoms with E-state index in [2.05, 4.69) is 138 Å². The Kier molecular flexibility index (Phi) is 7.64. The number of hydrogen-bond donors (Lipinski definition) is 0. The molecule has 8 aromatic carbocycles. The summed E-state index contributed by atoms with van der Waals surface area (Å²) in [5, 5.41) is 4.97. The fourth-order valence-electron chi connectivity index (χ4n) is 7.92. The zero-order chi connectivity index (χ0) is 37.0. The van der Waals surface area contributed by atoms with Crippen LogP contribution in [0.5, 0.6) is 0 Å². The van der Waals surface area contributed by atoms with Crippen molar-refractivity contribution in [3.05, 3.63) is 194 Å². The standard InChI is InChI=1S/C51H32N4S/c1-4-13-33(14-5-1)37-24-27-46-43(30-37)41-21-10-11-22-45(41)55(46)40-20-12-19-36(29-40)38-25-28-47-44(31-38)42-26-23-39(32-48(42)56-47)51-53-49(34-15-6-2-7-16-34)52-50(54-51)35-17-8-3-9-18-35/h1-32H. The fourth-order valence-corrected chi connectivity index (χ4v) is 9.05. The molecule has 11 rings (SSSR count). The molecule has 0 N–H and O–H groups in total. The summed E-state index contributed by atoms with van der Waals surface area (Å²) in [5.74, 6) is 1.99. The first kappa shape index (κ1) is 32.2. The minimum Gasteiger partial charge on any atom is -0.309 e. The molecule has 0 amide bonds. The summed E-state index contributed by atoms with van der Waals surface area (Å²) in [7, 11) is 0.